The first kappa shape index (κ1) is 12.4. The lowest BCUT2D eigenvalue weighted by Gasteiger charge is -2.07. The average molecular weight is 219 g/mol. The molecule has 0 aliphatic heterocycles. The largest absolute Gasteiger partial charge is 0.294 e. The Bertz CT molecular complexity index is 397. The van der Waals surface area contributed by atoms with Crippen LogP contribution >= 0.6 is 0 Å². The predicted molar refractivity (Wildman–Crippen MR) is 63.8 cm³/mol. The van der Waals surface area contributed by atoms with Gasteiger partial charge in [-0.2, -0.15) is 0 Å². The van der Waals surface area contributed by atoms with Crippen molar-refractivity contribution in [1.29, 1.82) is 0 Å². The van der Waals surface area contributed by atoms with Gasteiger partial charge in [0.2, 0.25) is 0 Å². The molecular formula is C12H17N3O. The van der Waals surface area contributed by atoms with E-state index in [0.717, 1.165) is 0 Å². The van der Waals surface area contributed by atoms with E-state index in [4.69, 9.17) is 0 Å². The van der Waals surface area contributed by atoms with Gasteiger partial charge in [-0.25, -0.2) is 0 Å². The minimum absolute atomic E-state index is 0.0318. The van der Waals surface area contributed by atoms with Gasteiger partial charge in [0, 0.05) is 25.6 Å². The molecule has 4 nitrogen and oxygen atoms in total. The Kier molecular flexibility index (Phi) is 4.17. The molecule has 0 aliphatic rings. The van der Waals surface area contributed by atoms with Crippen molar-refractivity contribution in [3.8, 4) is 0 Å². The first-order valence-corrected chi connectivity index (χ1v) is 5.24. The molecule has 0 fully saturated rings. The summed E-state index contributed by atoms with van der Waals surface area (Å²) in [6.45, 7) is 3.75. The molecule has 0 saturated heterocycles. The smallest absolute Gasteiger partial charge is 0.167 e. The van der Waals surface area contributed by atoms with Gasteiger partial charge >= 0.3 is 0 Å². The number of ketones is 1. The van der Waals surface area contributed by atoms with Crippen molar-refractivity contribution in [1.82, 2.24) is 5.01 Å². The van der Waals surface area contributed by atoms with Crippen LogP contribution < -0.4 is 0 Å². The van der Waals surface area contributed by atoms with Gasteiger partial charge in [0.1, 0.15) is 0 Å². The van der Waals surface area contributed by atoms with Crippen LogP contribution in [-0.2, 0) is 0 Å². The summed E-state index contributed by atoms with van der Waals surface area (Å²) in [5.74, 6) is 0.0593. The number of benzene rings is 1. The number of nitrogens with zero attached hydrogens (tertiary/aromatic N) is 3. The standard InChI is InChI=1S/C12H17N3O/c1-9(2)12(16)10-7-5-6-8-11(10)13-14-15(3)4/h5-9H,1-4H3. The van der Waals surface area contributed by atoms with Crippen molar-refractivity contribution >= 4 is 11.5 Å². The predicted octanol–water partition coefficient (Wildman–Crippen LogP) is 3.09. The van der Waals surface area contributed by atoms with E-state index < -0.39 is 0 Å². The maximum absolute atomic E-state index is 11.9. The highest BCUT2D eigenvalue weighted by atomic mass is 16.1. The molecular weight excluding hydrogens is 202 g/mol. The molecule has 0 aliphatic carbocycles. The van der Waals surface area contributed by atoms with E-state index in [-0.39, 0.29) is 11.7 Å². The Labute approximate surface area is 96.0 Å². The Balaban J connectivity index is 3.05. The normalized spacial score (nSPS) is 11.1. The second-order valence-corrected chi connectivity index (χ2v) is 4.07. The van der Waals surface area contributed by atoms with Crippen LogP contribution in [0.2, 0.25) is 0 Å². The summed E-state index contributed by atoms with van der Waals surface area (Å²) in [4.78, 5) is 11.9. The molecule has 86 valence electrons. The lowest BCUT2D eigenvalue weighted by molar-refractivity contribution is 0.0940. The zero-order valence-electron chi connectivity index (χ0n) is 10.1. The topological polar surface area (TPSA) is 45.0 Å². The molecule has 0 unspecified atom stereocenters. The quantitative estimate of drug-likeness (QED) is 0.444. The molecule has 0 bridgehead atoms. The van der Waals surface area contributed by atoms with Gasteiger partial charge in [0.05, 0.1) is 5.69 Å². The summed E-state index contributed by atoms with van der Waals surface area (Å²) in [6, 6.07) is 7.26. The summed E-state index contributed by atoms with van der Waals surface area (Å²) in [5, 5.41) is 9.54. The molecule has 1 rings (SSSR count). The van der Waals surface area contributed by atoms with Crippen LogP contribution in [0.25, 0.3) is 0 Å². The fourth-order valence-electron chi connectivity index (χ4n) is 1.22. The van der Waals surface area contributed by atoms with E-state index in [2.05, 4.69) is 10.3 Å². The number of rotatable bonds is 4. The minimum Gasteiger partial charge on any atom is -0.294 e. The molecule has 0 N–H and O–H groups in total. The highest BCUT2D eigenvalue weighted by Crippen LogP contribution is 2.22. The van der Waals surface area contributed by atoms with Crippen molar-refractivity contribution in [3.05, 3.63) is 29.8 Å². The van der Waals surface area contributed by atoms with Crippen molar-refractivity contribution in [3.63, 3.8) is 0 Å². The number of carbonyl (C=O) groups excluding carboxylic acids is 1. The fourth-order valence-corrected chi connectivity index (χ4v) is 1.22. The van der Waals surface area contributed by atoms with Gasteiger partial charge in [0.25, 0.3) is 0 Å². The van der Waals surface area contributed by atoms with Crippen LogP contribution in [0.4, 0.5) is 5.69 Å². The van der Waals surface area contributed by atoms with Crippen LogP contribution in [0.1, 0.15) is 24.2 Å². The molecule has 16 heavy (non-hydrogen) atoms. The Morgan fingerprint density at radius 2 is 1.88 bits per heavy atom. The zero-order valence-corrected chi connectivity index (χ0v) is 10.1. The third kappa shape index (κ3) is 3.15. The van der Waals surface area contributed by atoms with Crippen LogP contribution in [-0.4, -0.2) is 24.9 Å². The fraction of sp³-hybridized carbons (Fsp3) is 0.417. The first-order valence-electron chi connectivity index (χ1n) is 5.24. The number of hydrogen-bond acceptors (Lipinski definition) is 3. The van der Waals surface area contributed by atoms with Crippen LogP contribution in [0, 0.1) is 5.92 Å². The van der Waals surface area contributed by atoms with Gasteiger partial charge in [-0.15, -0.1) is 5.11 Å². The molecule has 0 heterocycles. The van der Waals surface area contributed by atoms with Crippen molar-refractivity contribution in [2.24, 2.45) is 16.3 Å². The second kappa shape index (κ2) is 5.39. The first-order chi connectivity index (χ1) is 7.52. The van der Waals surface area contributed by atoms with Gasteiger partial charge in [-0.1, -0.05) is 31.2 Å². The number of hydrogen-bond donors (Lipinski definition) is 0. The van der Waals surface area contributed by atoms with Gasteiger partial charge in [0.15, 0.2) is 5.78 Å². The minimum atomic E-state index is -0.0318. The van der Waals surface area contributed by atoms with Crippen molar-refractivity contribution < 1.29 is 4.79 Å². The molecule has 0 amide bonds. The highest BCUT2D eigenvalue weighted by molar-refractivity contribution is 6.01. The average Bonchev–Trinajstić information content (AvgIpc) is 2.25. The summed E-state index contributed by atoms with van der Waals surface area (Å²) >= 11 is 0. The van der Waals surface area contributed by atoms with Gasteiger partial charge < -0.3 is 0 Å². The molecule has 0 atom stereocenters. The van der Waals surface area contributed by atoms with E-state index in [9.17, 15) is 4.79 Å². The lowest BCUT2D eigenvalue weighted by atomic mass is 10.00. The van der Waals surface area contributed by atoms with E-state index in [0.29, 0.717) is 11.3 Å². The lowest BCUT2D eigenvalue weighted by Crippen LogP contribution is -2.07. The van der Waals surface area contributed by atoms with E-state index in [1.165, 1.54) is 0 Å². The SMILES string of the molecule is CC(C)C(=O)c1ccccc1N=NN(C)C. The van der Waals surface area contributed by atoms with Crippen molar-refractivity contribution in [2.75, 3.05) is 14.1 Å². The summed E-state index contributed by atoms with van der Waals surface area (Å²) < 4.78 is 0. The zero-order chi connectivity index (χ0) is 12.1. The van der Waals surface area contributed by atoms with Crippen LogP contribution in [0.5, 0.6) is 0 Å². The molecule has 0 spiro atoms. The van der Waals surface area contributed by atoms with Gasteiger partial charge in [-0.3, -0.25) is 9.80 Å². The highest BCUT2D eigenvalue weighted by Gasteiger charge is 2.13. The van der Waals surface area contributed by atoms with Crippen molar-refractivity contribution in [2.45, 2.75) is 13.8 Å². The number of Topliss-reactive ketones (excluding diaryl/α,β-unsaturated/α-hetero) is 1. The molecule has 1 aromatic rings. The monoisotopic (exact) mass is 219 g/mol. The molecule has 4 heteroatoms. The third-order valence-corrected chi connectivity index (χ3v) is 2.03. The summed E-state index contributed by atoms with van der Waals surface area (Å²) in [5.41, 5.74) is 1.25. The molecule has 1 aromatic carbocycles. The van der Waals surface area contributed by atoms with E-state index in [1.807, 2.05) is 26.0 Å². The Morgan fingerprint density at radius 1 is 1.25 bits per heavy atom. The molecule has 0 aromatic heterocycles. The van der Waals surface area contributed by atoms with E-state index in [1.54, 1.807) is 31.2 Å². The maximum atomic E-state index is 11.9. The molecule has 0 saturated carbocycles. The van der Waals surface area contributed by atoms with E-state index >= 15 is 0 Å². The Hall–Kier alpha value is -1.71. The summed E-state index contributed by atoms with van der Waals surface area (Å²) in [7, 11) is 3.58. The van der Waals surface area contributed by atoms with Crippen LogP contribution in [0.15, 0.2) is 34.6 Å². The second-order valence-electron chi connectivity index (χ2n) is 4.07. The number of carbonyl (C=O) groups is 1. The molecule has 0 radical (unpaired) electrons. The Morgan fingerprint density at radius 3 is 2.44 bits per heavy atom. The van der Waals surface area contributed by atoms with Gasteiger partial charge in [-0.05, 0) is 12.1 Å². The maximum Gasteiger partial charge on any atom is 0.167 e. The van der Waals surface area contributed by atoms with Crippen LogP contribution in [0.3, 0.4) is 0 Å². The third-order valence-electron chi connectivity index (χ3n) is 2.03. The summed E-state index contributed by atoms with van der Waals surface area (Å²) in [6.07, 6.45) is 0.